The molecule has 0 amide bonds. The number of fused-ring (bicyclic) bond motifs is 1. The molecule has 1 aromatic heterocycles. The third-order valence-electron chi connectivity index (χ3n) is 3.01. The zero-order chi connectivity index (χ0) is 10.4. The normalized spacial score (nSPS) is 16.5. The van der Waals surface area contributed by atoms with Crippen molar-refractivity contribution in [3.05, 3.63) is 29.7 Å². The Kier molecular flexibility index (Phi) is 1.84. The molecule has 78 valence electrons. The predicted molar refractivity (Wildman–Crippen MR) is 60.1 cm³/mol. The highest BCUT2D eigenvalue weighted by Gasteiger charge is 2.29. The maximum absolute atomic E-state index is 5.87. The van der Waals surface area contributed by atoms with Gasteiger partial charge in [-0.2, -0.15) is 0 Å². The minimum absolute atomic E-state index is 0.494. The SMILES string of the molecule is CC(C)c1cccc2nc(C3CC3)oc12. The molecule has 1 aliphatic rings. The summed E-state index contributed by atoms with van der Waals surface area (Å²) in [5, 5.41) is 0. The summed E-state index contributed by atoms with van der Waals surface area (Å²) in [4.78, 5) is 4.55. The van der Waals surface area contributed by atoms with E-state index in [0.29, 0.717) is 11.8 Å². The summed E-state index contributed by atoms with van der Waals surface area (Å²) in [6.07, 6.45) is 2.48. The van der Waals surface area contributed by atoms with Crippen LogP contribution in [0.5, 0.6) is 0 Å². The van der Waals surface area contributed by atoms with E-state index in [4.69, 9.17) is 4.42 Å². The van der Waals surface area contributed by atoms with Gasteiger partial charge in [0.1, 0.15) is 5.52 Å². The van der Waals surface area contributed by atoms with Crippen molar-refractivity contribution in [2.45, 2.75) is 38.5 Å². The quantitative estimate of drug-likeness (QED) is 0.738. The molecule has 0 spiro atoms. The Morgan fingerprint density at radius 2 is 2.13 bits per heavy atom. The number of benzene rings is 1. The molecule has 15 heavy (non-hydrogen) atoms. The molecule has 0 N–H and O–H groups in total. The van der Waals surface area contributed by atoms with Crippen LogP contribution in [0.4, 0.5) is 0 Å². The van der Waals surface area contributed by atoms with Crippen LogP contribution in [0.3, 0.4) is 0 Å². The first kappa shape index (κ1) is 8.96. The molecule has 1 aliphatic carbocycles. The van der Waals surface area contributed by atoms with Gasteiger partial charge in [0.05, 0.1) is 0 Å². The first-order chi connectivity index (χ1) is 7.25. The molecular weight excluding hydrogens is 186 g/mol. The van der Waals surface area contributed by atoms with Crippen LogP contribution in [0.15, 0.2) is 22.6 Å². The Hall–Kier alpha value is -1.31. The van der Waals surface area contributed by atoms with Crippen molar-refractivity contribution < 1.29 is 4.42 Å². The molecule has 3 rings (SSSR count). The van der Waals surface area contributed by atoms with E-state index >= 15 is 0 Å². The maximum Gasteiger partial charge on any atom is 0.198 e. The lowest BCUT2D eigenvalue weighted by atomic mass is 10.0. The zero-order valence-corrected chi connectivity index (χ0v) is 9.16. The van der Waals surface area contributed by atoms with Crippen molar-refractivity contribution in [3.8, 4) is 0 Å². The first-order valence-electron chi connectivity index (χ1n) is 5.65. The number of nitrogens with zero attached hydrogens (tertiary/aromatic N) is 1. The highest BCUT2D eigenvalue weighted by Crippen LogP contribution is 2.41. The minimum Gasteiger partial charge on any atom is -0.440 e. The zero-order valence-electron chi connectivity index (χ0n) is 9.16. The summed E-state index contributed by atoms with van der Waals surface area (Å²) < 4.78 is 5.87. The van der Waals surface area contributed by atoms with E-state index in [9.17, 15) is 0 Å². The molecular formula is C13H15NO. The fourth-order valence-corrected chi connectivity index (χ4v) is 1.95. The van der Waals surface area contributed by atoms with Gasteiger partial charge in [-0.05, 0) is 30.4 Å². The number of oxazole rings is 1. The van der Waals surface area contributed by atoms with Crippen LogP contribution < -0.4 is 0 Å². The fourth-order valence-electron chi connectivity index (χ4n) is 1.95. The highest BCUT2D eigenvalue weighted by atomic mass is 16.3. The summed E-state index contributed by atoms with van der Waals surface area (Å²) in [6, 6.07) is 6.24. The van der Waals surface area contributed by atoms with Gasteiger partial charge in [-0.3, -0.25) is 0 Å². The van der Waals surface area contributed by atoms with Gasteiger partial charge in [-0.15, -0.1) is 0 Å². The molecule has 1 fully saturated rings. The number of hydrogen-bond acceptors (Lipinski definition) is 2. The highest BCUT2D eigenvalue weighted by molar-refractivity contribution is 5.77. The van der Waals surface area contributed by atoms with E-state index in [1.165, 1.54) is 18.4 Å². The molecule has 2 nitrogen and oxygen atoms in total. The van der Waals surface area contributed by atoms with E-state index < -0.39 is 0 Å². The van der Waals surface area contributed by atoms with Crippen molar-refractivity contribution >= 4 is 11.1 Å². The van der Waals surface area contributed by atoms with Gasteiger partial charge in [-0.25, -0.2) is 4.98 Å². The van der Waals surface area contributed by atoms with E-state index in [2.05, 4.69) is 31.0 Å². The third-order valence-corrected chi connectivity index (χ3v) is 3.01. The first-order valence-corrected chi connectivity index (χ1v) is 5.65. The molecule has 0 aliphatic heterocycles. The Bertz CT molecular complexity index is 494. The molecule has 0 atom stereocenters. The van der Waals surface area contributed by atoms with E-state index in [1.807, 2.05) is 6.07 Å². The van der Waals surface area contributed by atoms with Crippen LogP contribution >= 0.6 is 0 Å². The van der Waals surface area contributed by atoms with Gasteiger partial charge in [0.2, 0.25) is 0 Å². The van der Waals surface area contributed by atoms with E-state index in [0.717, 1.165) is 17.0 Å². The van der Waals surface area contributed by atoms with Gasteiger partial charge >= 0.3 is 0 Å². The minimum atomic E-state index is 0.494. The average Bonchev–Trinajstić information content (AvgIpc) is 2.96. The van der Waals surface area contributed by atoms with Crippen LogP contribution in [0, 0.1) is 0 Å². The summed E-state index contributed by atoms with van der Waals surface area (Å²) in [5.74, 6) is 2.03. The standard InChI is InChI=1S/C13H15NO/c1-8(2)10-4-3-5-11-12(10)15-13(14-11)9-6-7-9/h3-5,8-9H,6-7H2,1-2H3. The second-order valence-corrected chi connectivity index (χ2v) is 4.68. The molecule has 0 radical (unpaired) electrons. The molecule has 2 heteroatoms. The van der Waals surface area contributed by atoms with Crippen molar-refractivity contribution in [2.24, 2.45) is 0 Å². The Morgan fingerprint density at radius 3 is 2.80 bits per heavy atom. The number of aromatic nitrogens is 1. The van der Waals surface area contributed by atoms with Crippen LogP contribution in [0.25, 0.3) is 11.1 Å². The molecule has 0 unspecified atom stereocenters. The van der Waals surface area contributed by atoms with Crippen LogP contribution in [0.2, 0.25) is 0 Å². The second-order valence-electron chi connectivity index (χ2n) is 4.68. The monoisotopic (exact) mass is 201 g/mol. The van der Waals surface area contributed by atoms with Gasteiger partial charge in [-0.1, -0.05) is 26.0 Å². The van der Waals surface area contributed by atoms with Crippen molar-refractivity contribution in [2.75, 3.05) is 0 Å². The van der Waals surface area contributed by atoms with Crippen LogP contribution in [-0.4, -0.2) is 4.98 Å². The lowest BCUT2D eigenvalue weighted by Crippen LogP contribution is -1.86. The largest absolute Gasteiger partial charge is 0.440 e. The Labute approximate surface area is 89.3 Å². The van der Waals surface area contributed by atoms with Gasteiger partial charge in [0.25, 0.3) is 0 Å². The Balaban J connectivity index is 2.19. The number of hydrogen-bond donors (Lipinski definition) is 0. The molecule has 0 saturated heterocycles. The summed E-state index contributed by atoms with van der Waals surface area (Å²) in [7, 11) is 0. The summed E-state index contributed by atoms with van der Waals surface area (Å²) >= 11 is 0. The van der Waals surface area contributed by atoms with E-state index in [1.54, 1.807) is 0 Å². The van der Waals surface area contributed by atoms with Gasteiger partial charge in [0.15, 0.2) is 11.5 Å². The summed E-state index contributed by atoms with van der Waals surface area (Å²) in [5.41, 5.74) is 3.28. The predicted octanol–water partition coefficient (Wildman–Crippen LogP) is 3.83. The molecule has 2 aromatic rings. The lowest BCUT2D eigenvalue weighted by Gasteiger charge is -2.03. The van der Waals surface area contributed by atoms with Gasteiger partial charge < -0.3 is 4.42 Å². The number of para-hydroxylation sites is 1. The van der Waals surface area contributed by atoms with Crippen molar-refractivity contribution in [1.29, 1.82) is 0 Å². The fraction of sp³-hybridized carbons (Fsp3) is 0.462. The van der Waals surface area contributed by atoms with Crippen LogP contribution in [0.1, 0.15) is 50.0 Å². The molecule has 1 aromatic carbocycles. The van der Waals surface area contributed by atoms with Gasteiger partial charge in [0, 0.05) is 5.92 Å². The maximum atomic E-state index is 5.87. The molecule has 1 saturated carbocycles. The molecule has 0 bridgehead atoms. The second kappa shape index (κ2) is 3.09. The summed E-state index contributed by atoms with van der Waals surface area (Å²) in [6.45, 7) is 4.38. The topological polar surface area (TPSA) is 26.0 Å². The number of rotatable bonds is 2. The van der Waals surface area contributed by atoms with Crippen molar-refractivity contribution in [1.82, 2.24) is 4.98 Å². The average molecular weight is 201 g/mol. The smallest absolute Gasteiger partial charge is 0.198 e. The van der Waals surface area contributed by atoms with E-state index in [-0.39, 0.29) is 0 Å². The third kappa shape index (κ3) is 1.44. The Morgan fingerprint density at radius 1 is 1.33 bits per heavy atom. The molecule has 1 heterocycles. The van der Waals surface area contributed by atoms with Crippen molar-refractivity contribution in [3.63, 3.8) is 0 Å². The lowest BCUT2D eigenvalue weighted by molar-refractivity contribution is 0.528. The van der Waals surface area contributed by atoms with Crippen LogP contribution in [-0.2, 0) is 0 Å².